The van der Waals surface area contributed by atoms with Crippen LogP contribution < -0.4 is 5.32 Å². The fourth-order valence-corrected chi connectivity index (χ4v) is 1.57. The molecule has 0 atom stereocenters. The second-order valence-corrected chi connectivity index (χ2v) is 3.87. The summed E-state index contributed by atoms with van der Waals surface area (Å²) in [6.07, 6.45) is 0. The van der Waals surface area contributed by atoms with Gasteiger partial charge in [-0.25, -0.2) is 18.2 Å². The van der Waals surface area contributed by atoms with Gasteiger partial charge < -0.3 is 5.32 Å². The van der Waals surface area contributed by atoms with Crippen LogP contribution in [0, 0.1) is 35.7 Å². The summed E-state index contributed by atoms with van der Waals surface area (Å²) in [6, 6.07) is 6.55. The number of nitrogens with one attached hydrogen (secondary N) is 1. The Labute approximate surface area is 107 Å². The molecule has 0 aliphatic carbocycles. The second-order valence-electron chi connectivity index (χ2n) is 3.87. The number of nitrogens with zero attached hydrogens (tertiary/aromatic N) is 2. The van der Waals surface area contributed by atoms with Gasteiger partial charge in [-0.1, -0.05) is 0 Å². The molecule has 96 valence electrons. The van der Waals surface area contributed by atoms with Crippen molar-refractivity contribution in [3.8, 4) is 6.07 Å². The summed E-state index contributed by atoms with van der Waals surface area (Å²) in [7, 11) is 0. The zero-order valence-corrected chi connectivity index (χ0v) is 9.84. The molecular formula is C13H8F3N3. The molecule has 1 aromatic carbocycles. The maximum absolute atomic E-state index is 13.0. The van der Waals surface area contributed by atoms with Crippen molar-refractivity contribution in [3.63, 3.8) is 0 Å². The zero-order chi connectivity index (χ0) is 14.0. The molecule has 0 aliphatic heterocycles. The van der Waals surface area contributed by atoms with Crippen molar-refractivity contribution in [1.82, 2.24) is 4.98 Å². The molecule has 19 heavy (non-hydrogen) atoms. The lowest BCUT2D eigenvalue weighted by molar-refractivity contribution is 0.448. The van der Waals surface area contributed by atoms with Gasteiger partial charge in [-0.15, -0.1) is 0 Å². The van der Waals surface area contributed by atoms with Crippen LogP contribution in [-0.2, 0) is 0 Å². The molecule has 3 nitrogen and oxygen atoms in total. The molecule has 2 aromatic rings. The van der Waals surface area contributed by atoms with E-state index in [1.807, 2.05) is 6.07 Å². The average molecular weight is 263 g/mol. The number of aromatic nitrogens is 1. The summed E-state index contributed by atoms with van der Waals surface area (Å²) in [5, 5.41) is 11.4. The molecule has 0 spiro atoms. The maximum Gasteiger partial charge on any atom is 0.194 e. The molecule has 1 heterocycles. The fraction of sp³-hybridized carbons (Fsp3) is 0.0769. The molecule has 6 heteroatoms. The highest BCUT2D eigenvalue weighted by Gasteiger charge is 2.11. The summed E-state index contributed by atoms with van der Waals surface area (Å²) in [5.74, 6) is -3.87. The van der Waals surface area contributed by atoms with Crippen LogP contribution in [0.15, 0.2) is 24.3 Å². The zero-order valence-electron chi connectivity index (χ0n) is 9.84. The first-order valence-corrected chi connectivity index (χ1v) is 5.30. The van der Waals surface area contributed by atoms with Gasteiger partial charge in [0.25, 0.3) is 0 Å². The van der Waals surface area contributed by atoms with Gasteiger partial charge in [0.05, 0.1) is 11.6 Å². The van der Waals surface area contributed by atoms with Crippen molar-refractivity contribution in [2.24, 2.45) is 0 Å². The van der Waals surface area contributed by atoms with Gasteiger partial charge in [-0.3, -0.25) is 0 Å². The number of nitriles is 1. The molecule has 0 aliphatic rings. The predicted octanol–water partition coefficient (Wildman–Crippen LogP) is 3.42. The molecule has 1 aromatic heterocycles. The van der Waals surface area contributed by atoms with Crippen LogP contribution in [0.1, 0.15) is 11.3 Å². The first-order valence-electron chi connectivity index (χ1n) is 5.30. The summed E-state index contributed by atoms with van der Waals surface area (Å²) < 4.78 is 38.9. The monoisotopic (exact) mass is 263 g/mol. The average Bonchev–Trinajstić information content (AvgIpc) is 2.35. The van der Waals surface area contributed by atoms with Crippen molar-refractivity contribution in [2.45, 2.75) is 6.92 Å². The number of rotatable bonds is 2. The van der Waals surface area contributed by atoms with E-state index in [1.165, 1.54) is 6.07 Å². The van der Waals surface area contributed by atoms with E-state index in [9.17, 15) is 13.2 Å². The minimum atomic E-state index is -1.53. The van der Waals surface area contributed by atoms with Crippen LogP contribution in [0.3, 0.4) is 0 Å². The molecule has 0 unspecified atom stereocenters. The highest BCUT2D eigenvalue weighted by molar-refractivity contribution is 5.58. The molecule has 0 radical (unpaired) electrons. The lowest BCUT2D eigenvalue weighted by Gasteiger charge is -2.07. The van der Waals surface area contributed by atoms with Crippen LogP contribution in [0.25, 0.3) is 0 Å². The summed E-state index contributed by atoms with van der Waals surface area (Å²) >= 11 is 0. The van der Waals surface area contributed by atoms with E-state index in [4.69, 9.17) is 5.26 Å². The van der Waals surface area contributed by atoms with Gasteiger partial charge in [0.1, 0.15) is 5.82 Å². The number of hydrogen-bond donors (Lipinski definition) is 1. The van der Waals surface area contributed by atoms with Crippen LogP contribution in [0.5, 0.6) is 0 Å². The van der Waals surface area contributed by atoms with Crippen molar-refractivity contribution >= 4 is 11.5 Å². The minimum Gasteiger partial charge on any atom is -0.340 e. The number of aryl methyl sites for hydroxylation is 1. The topological polar surface area (TPSA) is 48.7 Å². The Kier molecular flexibility index (Phi) is 3.38. The minimum absolute atomic E-state index is 0.0124. The number of hydrogen-bond acceptors (Lipinski definition) is 3. The smallest absolute Gasteiger partial charge is 0.194 e. The Bertz CT molecular complexity index is 654. The summed E-state index contributed by atoms with van der Waals surface area (Å²) in [6.45, 7) is 1.68. The maximum atomic E-state index is 13.0. The highest BCUT2D eigenvalue weighted by atomic mass is 19.2. The largest absolute Gasteiger partial charge is 0.340 e. The van der Waals surface area contributed by atoms with E-state index in [-0.39, 0.29) is 11.5 Å². The van der Waals surface area contributed by atoms with Crippen LogP contribution in [0.2, 0.25) is 0 Å². The third-order valence-electron chi connectivity index (χ3n) is 2.34. The predicted molar refractivity (Wildman–Crippen MR) is 63.3 cm³/mol. The van der Waals surface area contributed by atoms with Crippen LogP contribution in [0.4, 0.5) is 24.7 Å². The van der Waals surface area contributed by atoms with E-state index in [1.54, 1.807) is 13.0 Å². The van der Waals surface area contributed by atoms with Gasteiger partial charge in [0.2, 0.25) is 0 Å². The van der Waals surface area contributed by atoms with Crippen molar-refractivity contribution in [2.75, 3.05) is 5.32 Å². The molecular weight excluding hydrogens is 255 g/mol. The number of halogens is 3. The lowest BCUT2D eigenvalue weighted by Crippen LogP contribution is -1.99. The van der Waals surface area contributed by atoms with E-state index >= 15 is 0 Å². The van der Waals surface area contributed by atoms with Crippen LogP contribution in [-0.4, -0.2) is 4.98 Å². The Morgan fingerprint density at radius 3 is 2.32 bits per heavy atom. The number of benzene rings is 1. The van der Waals surface area contributed by atoms with Gasteiger partial charge in [0.15, 0.2) is 17.5 Å². The van der Waals surface area contributed by atoms with Crippen molar-refractivity contribution in [3.05, 3.63) is 53.0 Å². The summed E-state index contributed by atoms with van der Waals surface area (Å²) in [4.78, 5) is 4.06. The molecule has 2 rings (SSSR count). The SMILES string of the molecule is Cc1cc(C#N)cc(Nc2cc(F)c(F)c(F)c2)n1. The first kappa shape index (κ1) is 12.9. The Hall–Kier alpha value is -2.55. The summed E-state index contributed by atoms with van der Waals surface area (Å²) in [5.41, 5.74) is 0.945. The van der Waals surface area contributed by atoms with Gasteiger partial charge in [-0.05, 0) is 19.1 Å². The molecule has 0 fully saturated rings. The highest BCUT2D eigenvalue weighted by Crippen LogP contribution is 2.21. The van der Waals surface area contributed by atoms with E-state index in [0.717, 1.165) is 12.1 Å². The lowest BCUT2D eigenvalue weighted by atomic mass is 10.2. The van der Waals surface area contributed by atoms with Gasteiger partial charge >= 0.3 is 0 Å². The van der Waals surface area contributed by atoms with Crippen molar-refractivity contribution < 1.29 is 13.2 Å². The van der Waals surface area contributed by atoms with Gasteiger partial charge in [-0.2, -0.15) is 5.26 Å². The Morgan fingerprint density at radius 2 is 1.74 bits per heavy atom. The fourth-order valence-electron chi connectivity index (χ4n) is 1.57. The number of pyridine rings is 1. The quantitative estimate of drug-likeness (QED) is 0.844. The second kappa shape index (κ2) is 4.98. The van der Waals surface area contributed by atoms with Gasteiger partial charge in [0, 0.05) is 23.5 Å². The third-order valence-corrected chi connectivity index (χ3v) is 2.34. The number of anilines is 2. The van der Waals surface area contributed by atoms with Crippen molar-refractivity contribution in [1.29, 1.82) is 5.26 Å². The Balaban J connectivity index is 2.36. The van der Waals surface area contributed by atoms with Crippen LogP contribution >= 0.6 is 0 Å². The van der Waals surface area contributed by atoms with E-state index < -0.39 is 17.5 Å². The Morgan fingerprint density at radius 1 is 1.11 bits per heavy atom. The normalized spacial score (nSPS) is 10.1. The molecule has 0 amide bonds. The molecule has 0 saturated carbocycles. The molecule has 1 N–H and O–H groups in total. The first-order chi connectivity index (χ1) is 8.99. The third kappa shape index (κ3) is 2.83. The van der Waals surface area contributed by atoms with E-state index in [2.05, 4.69) is 10.3 Å². The molecule has 0 saturated heterocycles. The van der Waals surface area contributed by atoms with E-state index in [0.29, 0.717) is 11.3 Å². The molecule has 0 bridgehead atoms. The standard InChI is InChI=1S/C13H8F3N3/c1-7-2-8(6-17)3-12(18-7)19-9-4-10(14)13(16)11(15)5-9/h2-5H,1H3,(H,18,19).